The second kappa shape index (κ2) is 10.1. The van der Waals surface area contributed by atoms with Crippen LogP contribution in [0.1, 0.15) is 15.9 Å². The number of likely N-dealkylation sites (N-methyl/N-ethyl adjacent to an activating group) is 1. The molecule has 2 amide bonds. The minimum Gasteiger partial charge on any atom is -0.484 e. The highest BCUT2D eigenvalue weighted by Crippen LogP contribution is 2.32. The Morgan fingerprint density at radius 2 is 1.52 bits per heavy atom. The van der Waals surface area contributed by atoms with Crippen LogP contribution in [0.5, 0.6) is 17.2 Å². The second-order valence-electron chi connectivity index (χ2n) is 7.21. The molecule has 33 heavy (non-hydrogen) atoms. The van der Waals surface area contributed by atoms with E-state index in [1.54, 1.807) is 50.5 Å². The number of hydrogen-bond acceptors (Lipinski definition) is 4. The molecule has 0 aliphatic rings. The molecule has 0 bridgehead atoms. The van der Waals surface area contributed by atoms with Gasteiger partial charge in [0, 0.05) is 25.3 Å². The van der Waals surface area contributed by atoms with Gasteiger partial charge in [-0.3, -0.25) is 9.59 Å². The predicted octanol–water partition coefficient (Wildman–Crippen LogP) is 5.22. The van der Waals surface area contributed by atoms with Crippen molar-refractivity contribution in [3.8, 4) is 17.2 Å². The molecule has 0 aliphatic carbocycles. The molecular formula is C24H21F3N2O4. The number of hydrogen-bond donors (Lipinski definition) is 1. The van der Waals surface area contributed by atoms with Gasteiger partial charge in [-0.05, 0) is 60.7 Å². The predicted molar refractivity (Wildman–Crippen MR) is 117 cm³/mol. The molecule has 3 rings (SSSR count). The summed E-state index contributed by atoms with van der Waals surface area (Å²) in [6, 6.07) is 17.1. The molecule has 0 unspecified atom stereocenters. The number of amides is 2. The summed E-state index contributed by atoms with van der Waals surface area (Å²) in [5.41, 5.74) is -0.0701. The maximum Gasteiger partial charge on any atom is 0.416 e. The third-order valence-corrected chi connectivity index (χ3v) is 4.47. The topological polar surface area (TPSA) is 67.9 Å². The Morgan fingerprint density at radius 3 is 2.15 bits per heavy atom. The van der Waals surface area contributed by atoms with Crippen molar-refractivity contribution in [3.63, 3.8) is 0 Å². The lowest BCUT2D eigenvalue weighted by atomic mass is 10.2. The lowest BCUT2D eigenvalue weighted by Crippen LogP contribution is -2.27. The number of benzene rings is 3. The Labute approximate surface area is 188 Å². The molecule has 0 saturated carbocycles. The first kappa shape index (κ1) is 23.6. The third-order valence-electron chi connectivity index (χ3n) is 4.47. The molecule has 0 fully saturated rings. The van der Waals surface area contributed by atoms with E-state index < -0.39 is 17.6 Å². The van der Waals surface area contributed by atoms with Crippen LogP contribution in [0.4, 0.5) is 18.9 Å². The number of rotatable bonds is 7. The van der Waals surface area contributed by atoms with Gasteiger partial charge in [0.05, 0.1) is 5.56 Å². The molecule has 3 aromatic rings. The van der Waals surface area contributed by atoms with E-state index in [1.807, 2.05) is 0 Å². The average molecular weight is 458 g/mol. The first-order valence-corrected chi connectivity index (χ1v) is 9.81. The van der Waals surface area contributed by atoms with Crippen molar-refractivity contribution in [1.82, 2.24) is 4.90 Å². The summed E-state index contributed by atoms with van der Waals surface area (Å²) >= 11 is 0. The number of carbonyl (C=O) groups is 2. The second-order valence-corrected chi connectivity index (χ2v) is 7.21. The number of carbonyl (C=O) groups excluding carboxylic acids is 2. The van der Waals surface area contributed by atoms with Crippen molar-refractivity contribution >= 4 is 17.5 Å². The normalized spacial score (nSPS) is 10.9. The van der Waals surface area contributed by atoms with Crippen LogP contribution in [0, 0.1) is 0 Å². The van der Waals surface area contributed by atoms with Crippen LogP contribution in [0.15, 0.2) is 72.8 Å². The van der Waals surface area contributed by atoms with Crippen LogP contribution in [0.25, 0.3) is 0 Å². The first-order valence-electron chi connectivity index (χ1n) is 9.81. The standard InChI is InChI=1S/C24H21F3N2O4/c1-29(2)22(30)15-32-19-11-9-18(10-12-19)28-23(31)16-5-3-7-20(13-16)33-21-8-4-6-17(14-21)24(25,26)27/h3-14H,15H2,1-2H3,(H,28,31). The van der Waals surface area contributed by atoms with Crippen LogP contribution in [-0.2, 0) is 11.0 Å². The molecule has 0 radical (unpaired) electrons. The molecule has 0 saturated heterocycles. The minimum atomic E-state index is -4.48. The highest BCUT2D eigenvalue weighted by molar-refractivity contribution is 6.04. The Hall–Kier alpha value is -4.01. The third kappa shape index (κ3) is 6.73. The number of anilines is 1. The van der Waals surface area contributed by atoms with E-state index >= 15 is 0 Å². The van der Waals surface area contributed by atoms with E-state index in [4.69, 9.17) is 9.47 Å². The van der Waals surface area contributed by atoms with Gasteiger partial charge in [0.1, 0.15) is 17.2 Å². The SMILES string of the molecule is CN(C)C(=O)COc1ccc(NC(=O)c2cccc(Oc3cccc(C(F)(F)F)c3)c2)cc1. The molecule has 0 heterocycles. The summed E-state index contributed by atoms with van der Waals surface area (Å²) in [5, 5.41) is 2.71. The van der Waals surface area contributed by atoms with Crippen molar-refractivity contribution in [1.29, 1.82) is 0 Å². The summed E-state index contributed by atoms with van der Waals surface area (Å²) in [6.45, 7) is -0.0998. The number of ether oxygens (including phenoxy) is 2. The molecule has 3 aromatic carbocycles. The molecular weight excluding hydrogens is 437 g/mol. The molecule has 172 valence electrons. The van der Waals surface area contributed by atoms with Crippen LogP contribution in [-0.4, -0.2) is 37.4 Å². The Kier molecular flexibility index (Phi) is 7.22. The van der Waals surface area contributed by atoms with E-state index in [0.717, 1.165) is 12.1 Å². The zero-order valence-electron chi connectivity index (χ0n) is 17.8. The molecule has 0 spiro atoms. The minimum absolute atomic E-state index is 0.00530. The Morgan fingerprint density at radius 1 is 0.879 bits per heavy atom. The maximum atomic E-state index is 12.9. The summed E-state index contributed by atoms with van der Waals surface area (Å²) < 4.78 is 49.5. The number of alkyl halides is 3. The number of halogens is 3. The van der Waals surface area contributed by atoms with E-state index in [-0.39, 0.29) is 29.6 Å². The van der Waals surface area contributed by atoms with Crippen LogP contribution >= 0.6 is 0 Å². The van der Waals surface area contributed by atoms with Gasteiger partial charge in [-0.15, -0.1) is 0 Å². The summed E-state index contributed by atoms with van der Waals surface area (Å²) in [7, 11) is 3.26. The van der Waals surface area contributed by atoms with Crippen LogP contribution in [0.3, 0.4) is 0 Å². The van der Waals surface area contributed by atoms with Gasteiger partial charge in [0.2, 0.25) is 0 Å². The lowest BCUT2D eigenvalue weighted by Gasteiger charge is -2.12. The van der Waals surface area contributed by atoms with E-state index in [1.165, 1.54) is 29.2 Å². The highest BCUT2D eigenvalue weighted by Gasteiger charge is 2.30. The molecule has 9 heteroatoms. The fourth-order valence-corrected chi connectivity index (χ4v) is 2.68. The Bertz CT molecular complexity index is 1130. The zero-order valence-corrected chi connectivity index (χ0v) is 17.8. The highest BCUT2D eigenvalue weighted by atomic mass is 19.4. The van der Waals surface area contributed by atoms with Gasteiger partial charge < -0.3 is 19.7 Å². The fraction of sp³-hybridized carbons (Fsp3) is 0.167. The van der Waals surface area contributed by atoms with Crippen molar-refractivity contribution in [2.75, 3.05) is 26.0 Å². The quantitative estimate of drug-likeness (QED) is 0.527. The number of nitrogens with one attached hydrogen (secondary N) is 1. The molecule has 0 aliphatic heterocycles. The van der Waals surface area contributed by atoms with E-state index in [0.29, 0.717) is 11.4 Å². The maximum absolute atomic E-state index is 12.9. The summed E-state index contributed by atoms with van der Waals surface area (Å²) in [6.07, 6.45) is -4.48. The zero-order chi connectivity index (χ0) is 24.0. The van der Waals surface area contributed by atoms with Gasteiger partial charge in [0.25, 0.3) is 11.8 Å². The van der Waals surface area contributed by atoms with Crippen molar-refractivity contribution in [3.05, 3.63) is 83.9 Å². The van der Waals surface area contributed by atoms with E-state index in [9.17, 15) is 22.8 Å². The van der Waals surface area contributed by atoms with Crippen molar-refractivity contribution < 1.29 is 32.2 Å². The lowest BCUT2D eigenvalue weighted by molar-refractivity contribution is -0.137. The van der Waals surface area contributed by atoms with Gasteiger partial charge in [-0.1, -0.05) is 12.1 Å². The van der Waals surface area contributed by atoms with Crippen LogP contribution < -0.4 is 14.8 Å². The van der Waals surface area contributed by atoms with Gasteiger partial charge in [0.15, 0.2) is 6.61 Å². The van der Waals surface area contributed by atoms with E-state index in [2.05, 4.69) is 5.32 Å². The van der Waals surface area contributed by atoms with Crippen molar-refractivity contribution in [2.45, 2.75) is 6.18 Å². The Balaban J connectivity index is 1.63. The largest absolute Gasteiger partial charge is 0.484 e. The molecule has 1 N–H and O–H groups in total. The average Bonchev–Trinajstić information content (AvgIpc) is 2.78. The van der Waals surface area contributed by atoms with Gasteiger partial charge in [-0.25, -0.2) is 0 Å². The summed E-state index contributed by atoms with van der Waals surface area (Å²) in [5.74, 6) is 0.0854. The number of nitrogens with zero attached hydrogens (tertiary/aromatic N) is 1. The molecule has 0 aromatic heterocycles. The van der Waals surface area contributed by atoms with Gasteiger partial charge >= 0.3 is 6.18 Å². The van der Waals surface area contributed by atoms with Crippen LogP contribution in [0.2, 0.25) is 0 Å². The van der Waals surface area contributed by atoms with Gasteiger partial charge in [-0.2, -0.15) is 13.2 Å². The first-order chi connectivity index (χ1) is 15.6. The van der Waals surface area contributed by atoms with Crippen molar-refractivity contribution in [2.24, 2.45) is 0 Å². The smallest absolute Gasteiger partial charge is 0.416 e. The monoisotopic (exact) mass is 458 g/mol. The summed E-state index contributed by atoms with van der Waals surface area (Å²) in [4.78, 5) is 25.6. The molecule has 6 nitrogen and oxygen atoms in total. The molecule has 0 atom stereocenters. The fourth-order valence-electron chi connectivity index (χ4n) is 2.68.